The van der Waals surface area contributed by atoms with Crippen LogP contribution in [0.15, 0.2) is 36.4 Å². The minimum Gasteiger partial charge on any atom is -0.497 e. The number of alkyl halides is 3. The number of aromatic nitrogens is 1. The Kier molecular flexibility index (Phi) is 9.35. The molecule has 9 nitrogen and oxygen atoms in total. The van der Waals surface area contributed by atoms with E-state index >= 15 is 0 Å². The summed E-state index contributed by atoms with van der Waals surface area (Å²) in [5.74, 6) is -0.517. The standard InChI is InChI=1S/C28H35ClF3N5O4/c1-35(26(39)27(40,28(30,31)32)19-6-3-7-21(15-19)41-2)12-4-5-18-10-13-36(14-11-18)23-9-8-22(24(29)34-23)25(38)37-16-20(33)17-37/h3,6-9,15,18,20,40H,4-5,10-14,16-17,33H2,1-2H3/t27-/m1/s1. The van der Waals surface area contributed by atoms with Gasteiger partial charge in [0.1, 0.15) is 16.7 Å². The van der Waals surface area contributed by atoms with Gasteiger partial charge in [-0.2, -0.15) is 13.2 Å². The number of hydrogen-bond acceptors (Lipinski definition) is 7. The van der Waals surface area contributed by atoms with Crippen molar-refractivity contribution < 1.29 is 32.6 Å². The van der Waals surface area contributed by atoms with Crippen LogP contribution in [-0.2, 0) is 10.4 Å². The number of nitrogens with two attached hydrogens (primary N) is 1. The molecule has 2 saturated heterocycles. The average molecular weight is 598 g/mol. The van der Waals surface area contributed by atoms with Crippen molar-refractivity contribution in [2.45, 2.75) is 43.5 Å². The van der Waals surface area contributed by atoms with Crippen LogP contribution in [-0.4, -0.2) is 90.8 Å². The maximum atomic E-state index is 14.0. The third kappa shape index (κ3) is 6.54. The Bertz CT molecular complexity index is 1250. The molecule has 0 unspecified atom stereocenters. The number of carbonyl (C=O) groups is 2. The molecule has 1 aromatic heterocycles. The molecule has 2 aromatic rings. The molecule has 0 saturated carbocycles. The zero-order chi connectivity index (χ0) is 29.9. The molecule has 41 heavy (non-hydrogen) atoms. The summed E-state index contributed by atoms with van der Waals surface area (Å²) in [6.07, 6.45) is -2.35. The van der Waals surface area contributed by atoms with Gasteiger partial charge in [-0.05, 0) is 55.9 Å². The fourth-order valence-electron chi connectivity index (χ4n) is 5.31. The number of rotatable bonds is 9. The predicted molar refractivity (Wildman–Crippen MR) is 148 cm³/mol. The van der Waals surface area contributed by atoms with E-state index in [1.54, 1.807) is 17.0 Å². The quantitative estimate of drug-likeness (QED) is 0.426. The van der Waals surface area contributed by atoms with E-state index in [-0.39, 0.29) is 29.4 Å². The van der Waals surface area contributed by atoms with E-state index in [0.29, 0.717) is 56.3 Å². The number of ether oxygens (including phenoxy) is 1. The number of hydrogen-bond donors (Lipinski definition) is 2. The Morgan fingerprint density at radius 3 is 2.46 bits per heavy atom. The van der Waals surface area contributed by atoms with E-state index in [0.717, 1.165) is 29.9 Å². The van der Waals surface area contributed by atoms with Gasteiger partial charge in [0, 0.05) is 51.4 Å². The fraction of sp³-hybridized carbons (Fsp3) is 0.536. The van der Waals surface area contributed by atoms with Gasteiger partial charge in [-0.1, -0.05) is 23.7 Å². The maximum absolute atomic E-state index is 14.0. The third-order valence-electron chi connectivity index (χ3n) is 7.86. The van der Waals surface area contributed by atoms with E-state index in [4.69, 9.17) is 22.1 Å². The minimum atomic E-state index is -5.22. The van der Waals surface area contributed by atoms with Crippen molar-refractivity contribution in [2.24, 2.45) is 11.7 Å². The second kappa shape index (κ2) is 12.4. The van der Waals surface area contributed by atoms with Crippen molar-refractivity contribution in [3.63, 3.8) is 0 Å². The molecule has 3 N–H and O–H groups in total. The SMILES string of the molecule is COc1cccc([C@@](O)(C(=O)N(C)CCCC2CCN(c3ccc(C(=O)N4CC(N)C4)c(Cl)n3)CC2)C(F)(F)F)c1. The van der Waals surface area contributed by atoms with Crippen molar-refractivity contribution in [3.05, 3.63) is 52.7 Å². The molecular weight excluding hydrogens is 563 g/mol. The van der Waals surface area contributed by atoms with Gasteiger partial charge in [-0.25, -0.2) is 4.98 Å². The van der Waals surface area contributed by atoms with Crippen molar-refractivity contribution in [1.29, 1.82) is 0 Å². The van der Waals surface area contributed by atoms with Crippen molar-refractivity contribution in [1.82, 2.24) is 14.8 Å². The Balaban J connectivity index is 1.28. The molecule has 4 rings (SSSR count). The van der Waals surface area contributed by atoms with Crippen LogP contribution in [0.1, 0.15) is 41.6 Å². The summed E-state index contributed by atoms with van der Waals surface area (Å²) in [6.45, 7) is 2.48. The number of anilines is 1. The Labute approximate surface area is 242 Å². The number of methoxy groups -OCH3 is 1. The lowest BCUT2D eigenvalue weighted by Crippen LogP contribution is -2.57. The zero-order valence-corrected chi connectivity index (χ0v) is 23.8. The van der Waals surface area contributed by atoms with Gasteiger partial charge in [0.05, 0.1) is 12.7 Å². The lowest BCUT2D eigenvalue weighted by atomic mass is 9.90. The van der Waals surface area contributed by atoms with E-state index in [1.165, 1.54) is 26.3 Å². The second-order valence-electron chi connectivity index (χ2n) is 10.7. The summed E-state index contributed by atoms with van der Waals surface area (Å²) in [5.41, 5.74) is 1.83. The first-order chi connectivity index (χ1) is 19.3. The number of aliphatic hydroxyl groups is 1. The van der Waals surface area contributed by atoms with Crippen molar-refractivity contribution in [3.8, 4) is 5.75 Å². The van der Waals surface area contributed by atoms with Crippen molar-refractivity contribution in [2.75, 3.05) is 51.8 Å². The number of amides is 2. The maximum Gasteiger partial charge on any atom is 0.430 e. The number of likely N-dealkylation sites (tertiary alicyclic amines) is 1. The molecule has 3 heterocycles. The second-order valence-corrected chi connectivity index (χ2v) is 11.1. The van der Waals surface area contributed by atoms with Crippen LogP contribution in [0, 0.1) is 5.92 Å². The monoisotopic (exact) mass is 597 g/mol. The van der Waals surface area contributed by atoms with Gasteiger partial charge in [0.2, 0.25) is 0 Å². The van der Waals surface area contributed by atoms with Crippen molar-refractivity contribution >= 4 is 29.2 Å². The molecule has 1 aromatic carbocycles. The topological polar surface area (TPSA) is 112 Å². The Morgan fingerprint density at radius 2 is 1.88 bits per heavy atom. The summed E-state index contributed by atoms with van der Waals surface area (Å²) < 4.78 is 47.0. The fourth-order valence-corrected chi connectivity index (χ4v) is 5.54. The smallest absolute Gasteiger partial charge is 0.430 e. The highest BCUT2D eigenvalue weighted by Crippen LogP contribution is 2.41. The average Bonchev–Trinajstić information content (AvgIpc) is 2.94. The first-order valence-electron chi connectivity index (χ1n) is 13.5. The van der Waals surface area contributed by atoms with Crippen LogP contribution in [0.3, 0.4) is 0 Å². The molecule has 13 heteroatoms. The summed E-state index contributed by atoms with van der Waals surface area (Å²) in [5, 5.41) is 10.8. The molecule has 0 radical (unpaired) electrons. The molecule has 2 amide bonds. The number of halogens is 4. The van der Waals surface area contributed by atoms with E-state index in [1.807, 2.05) is 0 Å². The van der Waals surface area contributed by atoms with Crippen LogP contribution in [0.25, 0.3) is 0 Å². The van der Waals surface area contributed by atoms with Gasteiger partial charge in [-0.15, -0.1) is 0 Å². The summed E-state index contributed by atoms with van der Waals surface area (Å²) in [4.78, 5) is 34.6. The lowest BCUT2D eigenvalue weighted by Gasteiger charge is -2.37. The van der Waals surface area contributed by atoms with Crippen LogP contribution >= 0.6 is 11.6 Å². The Hall–Kier alpha value is -3.09. The van der Waals surface area contributed by atoms with Gasteiger partial charge in [-0.3, -0.25) is 9.59 Å². The Morgan fingerprint density at radius 1 is 1.20 bits per heavy atom. The first kappa shape index (κ1) is 30.9. The van der Waals surface area contributed by atoms with Gasteiger partial charge in [0.15, 0.2) is 0 Å². The molecule has 0 aliphatic carbocycles. The highest BCUT2D eigenvalue weighted by atomic mass is 35.5. The molecule has 1 atom stereocenters. The number of likely N-dealkylation sites (N-methyl/N-ethyl adjacent to an activating group) is 1. The predicted octanol–water partition coefficient (Wildman–Crippen LogP) is 3.43. The first-order valence-corrected chi connectivity index (χ1v) is 13.9. The summed E-state index contributed by atoms with van der Waals surface area (Å²) >= 11 is 6.33. The van der Waals surface area contributed by atoms with E-state index < -0.39 is 23.2 Å². The molecule has 2 fully saturated rings. The highest BCUT2D eigenvalue weighted by Gasteiger charge is 2.61. The number of pyridine rings is 1. The number of carbonyl (C=O) groups excluding carboxylic acids is 2. The molecule has 0 bridgehead atoms. The summed E-state index contributed by atoms with van der Waals surface area (Å²) in [7, 11) is 2.56. The largest absolute Gasteiger partial charge is 0.497 e. The zero-order valence-electron chi connectivity index (χ0n) is 23.0. The molecule has 2 aliphatic heterocycles. The van der Waals surface area contributed by atoms with Crippen LogP contribution in [0.2, 0.25) is 5.15 Å². The van der Waals surface area contributed by atoms with E-state index in [2.05, 4.69) is 9.88 Å². The van der Waals surface area contributed by atoms with Gasteiger partial charge >= 0.3 is 6.18 Å². The van der Waals surface area contributed by atoms with Crippen LogP contribution in [0.4, 0.5) is 19.0 Å². The highest BCUT2D eigenvalue weighted by molar-refractivity contribution is 6.32. The third-order valence-corrected chi connectivity index (χ3v) is 8.15. The van der Waals surface area contributed by atoms with E-state index in [9.17, 15) is 27.9 Å². The minimum absolute atomic E-state index is 0.00540. The van der Waals surface area contributed by atoms with Crippen LogP contribution < -0.4 is 15.4 Å². The van der Waals surface area contributed by atoms with Gasteiger partial charge in [0.25, 0.3) is 17.4 Å². The molecular formula is C28H35ClF3N5O4. The molecule has 224 valence electrons. The number of nitrogens with zero attached hydrogens (tertiary/aromatic N) is 4. The van der Waals surface area contributed by atoms with Gasteiger partial charge < -0.3 is 30.3 Å². The molecule has 2 aliphatic rings. The lowest BCUT2D eigenvalue weighted by molar-refractivity contribution is -0.261. The number of piperidine rings is 1. The number of benzene rings is 1. The van der Waals surface area contributed by atoms with Crippen LogP contribution in [0.5, 0.6) is 5.75 Å². The summed E-state index contributed by atoms with van der Waals surface area (Å²) in [6, 6.07) is 8.27. The normalized spacial score (nSPS) is 18.0. The molecule has 0 spiro atoms.